The number of carboxylic acid groups (broad SMARTS) is 2. The van der Waals surface area contributed by atoms with E-state index < -0.39 is 90.4 Å². The normalized spacial score (nSPS) is 14.7. The summed E-state index contributed by atoms with van der Waals surface area (Å²) in [6.07, 6.45) is -1.23. The van der Waals surface area contributed by atoms with Gasteiger partial charge < -0.3 is 41.6 Å². The van der Waals surface area contributed by atoms with Crippen molar-refractivity contribution in [3.63, 3.8) is 0 Å². The van der Waals surface area contributed by atoms with Crippen LogP contribution in [-0.2, 0) is 38.4 Å². The number of hydrogen-bond donors (Lipinski definition) is 7. The van der Waals surface area contributed by atoms with E-state index in [2.05, 4.69) is 26.6 Å². The van der Waals surface area contributed by atoms with Crippen LogP contribution in [0.5, 0.6) is 0 Å². The Morgan fingerprint density at radius 1 is 0.632 bits per heavy atom. The Morgan fingerprint density at radius 2 is 1.11 bits per heavy atom. The number of carbonyl (C=O) groups is 8. The molecule has 15 heteroatoms. The third-order valence-corrected chi connectivity index (χ3v) is 5.21. The maximum absolute atomic E-state index is 12.9. The minimum absolute atomic E-state index is 0.240. The van der Waals surface area contributed by atoms with Crippen LogP contribution in [0, 0.1) is 11.8 Å². The fraction of sp³-hybridized carbons (Fsp3) is 0.652. The summed E-state index contributed by atoms with van der Waals surface area (Å²) in [7, 11) is 0. The monoisotopic (exact) mass is 543 g/mol. The first-order chi connectivity index (χ1) is 17.5. The van der Waals surface area contributed by atoms with Gasteiger partial charge in [0.1, 0.15) is 30.5 Å². The Hall–Kier alpha value is -4.04. The number of nitrogens with one attached hydrogen (secondary N) is 5. The second kappa shape index (κ2) is 15.9. The zero-order valence-corrected chi connectivity index (χ0v) is 22.2. The van der Waals surface area contributed by atoms with E-state index in [0.29, 0.717) is 0 Å². The summed E-state index contributed by atoms with van der Waals surface area (Å²) in [6.45, 7) is 8.89. The molecule has 0 aromatic heterocycles. The predicted molar refractivity (Wildman–Crippen MR) is 131 cm³/mol. The van der Waals surface area contributed by atoms with E-state index in [-0.39, 0.29) is 12.2 Å². The molecule has 0 aliphatic carbocycles. The lowest BCUT2D eigenvalue weighted by Crippen LogP contribution is -2.60. The number of aldehydes is 1. The van der Waals surface area contributed by atoms with Gasteiger partial charge in [-0.05, 0) is 18.8 Å². The fourth-order valence-corrected chi connectivity index (χ4v) is 3.19. The van der Waals surface area contributed by atoms with Crippen molar-refractivity contribution in [1.29, 1.82) is 0 Å². The number of carbonyl (C=O) groups excluding carboxylic acids is 6. The van der Waals surface area contributed by atoms with Crippen molar-refractivity contribution in [2.45, 2.75) is 84.6 Å². The molecule has 0 aliphatic heterocycles. The molecule has 214 valence electrons. The maximum atomic E-state index is 12.9. The molecule has 0 aromatic carbocycles. The molecule has 0 spiro atoms. The molecule has 0 fully saturated rings. The number of aliphatic carboxylic acids is 2. The van der Waals surface area contributed by atoms with Crippen LogP contribution in [0.25, 0.3) is 0 Å². The summed E-state index contributed by atoms with van der Waals surface area (Å²) in [5, 5.41) is 29.6. The molecule has 5 amide bonds. The highest BCUT2D eigenvalue weighted by atomic mass is 16.4. The molecule has 0 rings (SSSR count). The Morgan fingerprint density at radius 3 is 1.53 bits per heavy atom. The van der Waals surface area contributed by atoms with Gasteiger partial charge in [-0.15, -0.1) is 0 Å². The summed E-state index contributed by atoms with van der Waals surface area (Å²) < 4.78 is 0. The predicted octanol–water partition coefficient (Wildman–Crippen LogP) is -2.09. The first kappa shape index (κ1) is 34.0. The molecule has 7 N–H and O–H groups in total. The summed E-state index contributed by atoms with van der Waals surface area (Å²) in [6, 6.07) is -6.43. The first-order valence-electron chi connectivity index (χ1n) is 11.9. The maximum Gasteiger partial charge on any atom is 0.305 e. The van der Waals surface area contributed by atoms with Gasteiger partial charge in [0, 0.05) is 6.92 Å². The van der Waals surface area contributed by atoms with Crippen LogP contribution >= 0.6 is 0 Å². The molecule has 0 saturated heterocycles. The molecule has 5 atom stereocenters. The summed E-state index contributed by atoms with van der Waals surface area (Å²) >= 11 is 0. The standard InChI is InChI=1S/C23H37N5O10/c1-10(2)18(25-13(6)30)23(38)27-15(8-17(33)34)21(36)28-19(11(3)4)22(37)24-12(5)20(35)26-14(9-29)7-16(31)32/h9-12,14-15,18-19H,7-8H2,1-6H3,(H,24,37)(H,25,30)(H,26,35)(H,27,38)(H,28,36)(H,31,32)(H,33,34)/t12?,14-,15?,18-,19-/m0/s1. The lowest BCUT2D eigenvalue weighted by Gasteiger charge is -2.27. The zero-order chi connectivity index (χ0) is 29.7. The smallest absolute Gasteiger partial charge is 0.305 e. The van der Waals surface area contributed by atoms with Crippen molar-refractivity contribution < 1.29 is 48.6 Å². The topological polar surface area (TPSA) is 237 Å². The number of hydrogen-bond acceptors (Lipinski definition) is 8. The Labute approximate surface area is 219 Å². The van der Waals surface area contributed by atoms with Crippen LogP contribution in [0.4, 0.5) is 0 Å². The van der Waals surface area contributed by atoms with Crippen LogP contribution in [0.3, 0.4) is 0 Å². The van der Waals surface area contributed by atoms with Crippen molar-refractivity contribution in [3.05, 3.63) is 0 Å². The van der Waals surface area contributed by atoms with E-state index in [0.717, 1.165) is 0 Å². The fourth-order valence-electron chi connectivity index (χ4n) is 3.19. The molecule has 0 saturated carbocycles. The zero-order valence-electron chi connectivity index (χ0n) is 22.2. The molecular formula is C23H37N5O10. The third kappa shape index (κ3) is 12.3. The largest absolute Gasteiger partial charge is 0.481 e. The van der Waals surface area contributed by atoms with E-state index >= 15 is 0 Å². The van der Waals surface area contributed by atoms with E-state index in [4.69, 9.17) is 5.11 Å². The quantitative estimate of drug-likeness (QED) is 0.105. The van der Waals surface area contributed by atoms with E-state index in [1.807, 2.05) is 0 Å². The molecule has 0 radical (unpaired) electrons. The average molecular weight is 544 g/mol. The summed E-state index contributed by atoms with van der Waals surface area (Å²) in [4.78, 5) is 95.3. The van der Waals surface area contributed by atoms with Crippen molar-refractivity contribution in [1.82, 2.24) is 26.6 Å². The van der Waals surface area contributed by atoms with E-state index in [1.54, 1.807) is 27.7 Å². The molecule has 15 nitrogen and oxygen atoms in total. The lowest BCUT2D eigenvalue weighted by atomic mass is 10.0. The van der Waals surface area contributed by atoms with Crippen LogP contribution in [-0.4, -0.2) is 88.2 Å². The molecule has 2 unspecified atom stereocenters. The van der Waals surface area contributed by atoms with Crippen molar-refractivity contribution >= 4 is 47.8 Å². The molecule has 0 aromatic rings. The van der Waals surface area contributed by atoms with Crippen molar-refractivity contribution in [2.24, 2.45) is 11.8 Å². The minimum Gasteiger partial charge on any atom is -0.481 e. The molecular weight excluding hydrogens is 506 g/mol. The number of amides is 5. The van der Waals surface area contributed by atoms with Gasteiger partial charge in [-0.1, -0.05) is 27.7 Å². The van der Waals surface area contributed by atoms with Gasteiger partial charge in [-0.25, -0.2) is 0 Å². The third-order valence-electron chi connectivity index (χ3n) is 5.21. The number of rotatable bonds is 16. The molecule has 0 bridgehead atoms. The second-order valence-corrected chi connectivity index (χ2v) is 9.39. The minimum atomic E-state index is -1.59. The van der Waals surface area contributed by atoms with Crippen LogP contribution in [0.2, 0.25) is 0 Å². The second-order valence-electron chi connectivity index (χ2n) is 9.39. The SMILES string of the molecule is CC(=O)N[C@H](C(=O)NC(CC(=O)O)C(=O)N[C@H](C(=O)NC(C)C(=O)N[C@H](C=O)CC(=O)O)C(C)C)C(C)C. The van der Waals surface area contributed by atoms with Gasteiger partial charge in [0.05, 0.1) is 18.9 Å². The van der Waals surface area contributed by atoms with Crippen molar-refractivity contribution in [2.75, 3.05) is 0 Å². The van der Waals surface area contributed by atoms with Gasteiger partial charge in [0.25, 0.3) is 0 Å². The highest BCUT2D eigenvalue weighted by molar-refractivity contribution is 5.97. The van der Waals surface area contributed by atoms with Gasteiger partial charge in [0.2, 0.25) is 29.5 Å². The van der Waals surface area contributed by atoms with Crippen LogP contribution in [0.15, 0.2) is 0 Å². The Bertz CT molecular complexity index is 920. The van der Waals surface area contributed by atoms with Crippen LogP contribution < -0.4 is 26.6 Å². The first-order valence-corrected chi connectivity index (χ1v) is 11.9. The van der Waals surface area contributed by atoms with Gasteiger partial charge in [-0.3, -0.25) is 33.6 Å². The van der Waals surface area contributed by atoms with E-state index in [1.165, 1.54) is 13.8 Å². The van der Waals surface area contributed by atoms with Gasteiger partial charge in [-0.2, -0.15) is 0 Å². The Balaban J connectivity index is 5.55. The van der Waals surface area contributed by atoms with Crippen molar-refractivity contribution in [3.8, 4) is 0 Å². The summed E-state index contributed by atoms with van der Waals surface area (Å²) in [5.41, 5.74) is 0. The molecule has 0 aliphatic rings. The number of carboxylic acids is 2. The highest BCUT2D eigenvalue weighted by Gasteiger charge is 2.33. The highest BCUT2D eigenvalue weighted by Crippen LogP contribution is 2.07. The Kier molecular flexibility index (Phi) is 14.2. The summed E-state index contributed by atoms with van der Waals surface area (Å²) in [5.74, 6) is -7.62. The van der Waals surface area contributed by atoms with Gasteiger partial charge in [0.15, 0.2) is 0 Å². The van der Waals surface area contributed by atoms with E-state index in [9.17, 15) is 43.5 Å². The van der Waals surface area contributed by atoms with Gasteiger partial charge >= 0.3 is 11.9 Å². The van der Waals surface area contributed by atoms with Crippen LogP contribution in [0.1, 0.15) is 54.4 Å². The lowest BCUT2D eigenvalue weighted by molar-refractivity contribution is -0.142. The molecule has 0 heterocycles. The average Bonchev–Trinajstić information content (AvgIpc) is 2.78. The molecule has 38 heavy (non-hydrogen) atoms.